The van der Waals surface area contributed by atoms with E-state index in [1.807, 2.05) is 18.2 Å². The number of halogens is 4. The molecule has 1 aliphatic rings. The first-order valence-corrected chi connectivity index (χ1v) is 8.95. The third kappa shape index (κ3) is 3.81. The minimum Gasteiger partial charge on any atom is -0.392 e. The Kier molecular flexibility index (Phi) is 4.72. The molecule has 0 radical (unpaired) electrons. The lowest BCUT2D eigenvalue weighted by atomic mass is 10.1. The van der Waals surface area contributed by atoms with Crippen LogP contribution in [0.5, 0.6) is 0 Å². The van der Waals surface area contributed by atoms with E-state index in [1.165, 1.54) is 12.1 Å². The summed E-state index contributed by atoms with van der Waals surface area (Å²) in [7, 11) is 0. The summed E-state index contributed by atoms with van der Waals surface area (Å²) in [6.45, 7) is 0. The summed E-state index contributed by atoms with van der Waals surface area (Å²) in [5.74, 6) is 0.421. The molecule has 4 nitrogen and oxygen atoms in total. The van der Waals surface area contributed by atoms with Crippen LogP contribution in [0.25, 0.3) is 11.3 Å². The third-order valence-electron chi connectivity index (χ3n) is 4.64. The van der Waals surface area contributed by atoms with E-state index in [-0.39, 0.29) is 5.28 Å². The van der Waals surface area contributed by atoms with Crippen molar-refractivity contribution in [3.8, 4) is 11.3 Å². The number of aliphatic hydroxyl groups excluding tert-OH is 1. The Morgan fingerprint density at radius 3 is 2.50 bits per heavy atom. The molecule has 0 fully saturated rings. The molecule has 2 N–H and O–H groups in total. The summed E-state index contributed by atoms with van der Waals surface area (Å²) in [6, 6.07) is 12.1. The summed E-state index contributed by atoms with van der Waals surface area (Å²) in [6.07, 6.45) is -3.66. The predicted octanol–water partition coefficient (Wildman–Crippen LogP) is 5.02. The van der Waals surface area contributed by atoms with E-state index >= 15 is 0 Å². The second-order valence-corrected chi connectivity index (χ2v) is 6.95. The monoisotopic (exact) mass is 405 g/mol. The number of benzene rings is 2. The van der Waals surface area contributed by atoms with Crippen molar-refractivity contribution >= 4 is 23.1 Å². The molecule has 2 aromatic carbocycles. The minimum atomic E-state index is -4.40. The van der Waals surface area contributed by atoms with Crippen molar-refractivity contribution in [2.75, 3.05) is 5.32 Å². The number of aliphatic hydroxyl groups is 1. The summed E-state index contributed by atoms with van der Waals surface area (Å²) in [5, 5.41) is 13.1. The maximum absolute atomic E-state index is 12.8. The van der Waals surface area contributed by atoms with Crippen molar-refractivity contribution < 1.29 is 18.3 Å². The van der Waals surface area contributed by atoms with Gasteiger partial charge in [-0.15, -0.1) is 0 Å². The number of aromatic nitrogens is 2. The molecule has 1 aromatic heterocycles. The normalized spacial score (nSPS) is 16.1. The van der Waals surface area contributed by atoms with E-state index in [9.17, 15) is 18.3 Å². The first-order valence-electron chi connectivity index (χ1n) is 8.57. The highest BCUT2D eigenvalue weighted by Crippen LogP contribution is 2.33. The molecule has 1 unspecified atom stereocenters. The smallest absolute Gasteiger partial charge is 0.392 e. The van der Waals surface area contributed by atoms with Gasteiger partial charge in [0.15, 0.2) is 0 Å². The van der Waals surface area contributed by atoms with Crippen LogP contribution in [0, 0.1) is 0 Å². The first kappa shape index (κ1) is 18.7. The van der Waals surface area contributed by atoms with Gasteiger partial charge in [-0.2, -0.15) is 13.2 Å². The molecule has 8 heteroatoms. The number of rotatable bonds is 3. The Bertz CT molecular complexity index is 1020. The zero-order chi connectivity index (χ0) is 19.9. The van der Waals surface area contributed by atoms with Crippen LogP contribution >= 0.6 is 11.6 Å². The van der Waals surface area contributed by atoms with Crippen LogP contribution < -0.4 is 5.32 Å². The second-order valence-electron chi connectivity index (χ2n) is 6.61. The van der Waals surface area contributed by atoms with Gasteiger partial charge in [-0.05, 0) is 47.3 Å². The molecule has 0 saturated heterocycles. The van der Waals surface area contributed by atoms with Crippen molar-refractivity contribution in [3.05, 3.63) is 70.5 Å². The van der Waals surface area contributed by atoms with Gasteiger partial charge < -0.3 is 10.4 Å². The average molecular weight is 406 g/mol. The minimum absolute atomic E-state index is 0.0208. The van der Waals surface area contributed by atoms with Crippen molar-refractivity contribution in [2.45, 2.75) is 25.1 Å². The van der Waals surface area contributed by atoms with Crippen molar-refractivity contribution in [3.63, 3.8) is 0 Å². The zero-order valence-corrected chi connectivity index (χ0v) is 15.2. The summed E-state index contributed by atoms with van der Waals surface area (Å²) in [4.78, 5) is 8.27. The van der Waals surface area contributed by atoms with E-state index in [2.05, 4.69) is 15.3 Å². The molecular formula is C20H15ClF3N3O. The van der Waals surface area contributed by atoms with E-state index in [1.54, 1.807) is 6.07 Å². The molecule has 0 bridgehead atoms. The van der Waals surface area contributed by atoms with Crippen LogP contribution in [-0.4, -0.2) is 21.2 Å². The van der Waals surface area contributed by atoms with Gasteiger partial charge in [-0.3, -0.25) is 0 Å². The van der Waals surface area contributed by atoms with Gasteiger partial charge in [-0.1, -0.05) is 24.3 Å². The molecule has 0 aliphatic heterocycles. The maximum atomic E-state index is 12.8. The Labute approximate surface area is 164 Å². The summed E-state index contributed by atoms with van der Waals surface area (Å²) >= 11 is 6.03. The molecule has 1 aliphatic carbocycles. The molecule has 0 amide bonds. The Balaban J connectivity index is 1.65. The van der Waals surface area contributed by atoms with Gasteiger partial charge in [0.05, 0.1) is 17.4 Å². The van der Waals surface area contributed by atoms with Gasteiger partial charge in [-0.25, -0.2) is 9.97 Å². The fourth-order valence-corrected chi connectivity index (χ4v) is 3.53. The van der Waals surface area contributed by atoms with Crippen LogP contribution in [-0.2, 0) is 19.0 Å². The molecule has 3 aromatic rings. The molecule has 28 heavy (non-hydrogen) atoms. The molecule has 4 rings (SSSR count). The van der Waals surface area contributed by atoms with Crippen LogP contribution in [0.2, 0.25) is 5.28 Å². The van der Waals surface area contributed by atoms with Crippen molar-refractivity contribution in [1.29, 1.82) is 0 Å². The van der Waals surface area contributed by atoms with Crippen LogP contribution in [0.3, 0.4) is 0 Å². The standard InChI is InChI=1S/C20H15ClF3N3O/c21-19-26-17(11-4-6-13(7-5-11)20(22,23)24)10-18(27-19)25-16-3-1-2-12-8-14(28)9-15(12)16/h1-7,10,14,28H,8-9H2,(H,25,26,27). The number of nitrogens with one attached hydrogen (secondary N) is 1. The quantitative estimate of drug-likeness (QED) is 0.601. The highest BCUT2D eigenvalue weighted by atomic mass is 35.5. The fourth-order valence-electron chi connectivity index (χ4n) is 3.34. The maximum Gasteiger partial charge on any atom is 0.416 e. The molecular weight excluding hydrogens is 391 g/mol. The topological polar surface area (TPSA) is 58.0 Å². The summed E-state index contributed by atoms with van der Waals surface area (Å²) in [5.41, 5.74) is 3.06. The lowest BCUT2D eigenvalue weighted by molar-refractivity contribution is -0.137. The Morgan fingerprint density at radius 1 is 1.04 bits per heavy atom. The molecule has 144 valence electrons. The van der Waals surface area contributed by atoms with Gasteiger partial charge in [0.25, 0.3) is 0 Å². The second kappa shape index (κ2) is 7.07. The average Bonchev–Trinajstić information content (AvgIpc) is 3.02. The first-order chi connectivity index (χ1) is 13.3. The van der Waals surface area contributed by atoms with Crippen molar-refractivity contribution in [1.82, 2.24) is 9.97 Å². The summed E-state index contributed by atoms with van der Waals surface area (Å²) < 4.78 is 38.3. The highest BCUT2D eigenvalue weighted by molar-refractivity contribution is 6.28. The number of alkyl halides is 3. The SMILES string of the molecule is OC1Cc2cccc(Nc3cc(-c4ccc(C(F)(F)F)cc4)nc(Cl)n3)c2C1. The number of anilines is 2. The van der Waals surface area contributed by atoms with Gasteiger partial charge in [0, 0.05) is 23.7 Å². The van der Waals surface area contributed by atoms with Gasteiger partial charge in [0.2, 0.25) is 5.28 Å². The lowest BCUT2D eigenvalue weighted by Gasteiger charge is -2.12. The van der Waals surface area contributed by atoms with Gasteiger partial charge >= 0.3 is 6.18 Å². The predicted molar refractivity (Wildman–Crippen MR) is 101 cm³/mol. The van der Waals surface area contributed by atoms with Gasteiger partial charge in [0.1, 0.15) is 5.82 Å². The number of nitrogens with zero attached hydrogens (tertiary/aromatic N) is 2. The Morgan fingerprint density at radius 2 is 1.79 bits per heavy atom. The number of fused-ring (bicyclic) bond motifs is 1. The molecule has 0 saturated carbocycles. The van der Waals surface area contributed by atoms with E-state index < -0.39 is 17.8 Å². The Hall–Kier alpha value is -2.64. The lowest BCUT2D eigenvalue weighted by Crippen LogP contribution is -2.05. The largest absolute Gasteiger partial charge is 0.416 e. The molecule has 0 spiro atoms. The molecule has 1 atom stereocenters. The van der Waals surface area contributed by atoms with E-state index in [4.69, 9.17) is 11.6 Å². The number of hydrogen-bond donors (Lipinski definition) is 2. The van der Waals surface area contributed by atoms with E-state index in [0.29, 0.717) is 29.9 Å². The van der Waals surface area contributed by atoms with Crippen LogP contribution in [0.1, 0.15) is 16.7 Å². The number of hydrogen-bond acceptors (Lipinski definition) is 4. The molecule has 1 heterocycles. The van der Waals surface area contributed by atoms with Crippen LogP contribution in [0.15, 0.2) is 48.5 Å². The fraction of sp³-hybridized carbons (Fsp3) is 0.200. The van der Waals surface area contributed by atoms with Crippen molar-refractivity contribution in [2.24, 2.45) is 0 Å². The zero-order valence-electron chi connectivity index (χ0n) is 14.5. The third-order valence-corrected chi connectivity index (χ3v) is 4.81. The van der Waals surface area contributed by atoms with E-state index in [0.717, 1.165) is 28.9 Å². The van der Waals surface area contributed by atoms with Crippen LogP contribution in [0.4, 0.5) is 24.7 Å². The highest BCUT2D eigenvalue weighted by Gasteiger charge is 2.30.